The predicted molar refractivity (Wildman–Crippen MR) is 58.9 cm³/mol. The van der Waals surface area contributed by atoms with Gasteiger partial charge in [-0.3, -0.25) is 9.59 Å². The van der Waals surface area contributed by atoms with E-state index in [0.29, 0.717) is 6.54 Å². The van der Waals surface area contributed by atoms with Gasteiger partial charge in [0.25, 0.3) is 0 Å². The van der Waals surface area contributed by atoms with Gasteiger partial charge in [0.15, 0.2) is 0 Å². The fourth-order valence-corrected chi connectivity index (χ4v) is 3.47. The molecule has 2 rings (SSSR count). The molecular formula is C12H19NO3. The maximum atomic E-state index is 11.3. The summed E-state index contributed by atoms with van der Waals surface area (Å²) in [6, 6.07) is 0. The van der Waals surface area contributed by atoms with Gasteiger partial charge in [-0.15, -0.1) is 0 Å². The fourth-order valence-electron chi connectivity index (χ4n) is 3.47. The molecule has 0 saturated heterocycles. The first-order valence-corrected chi connectivity index (χ1v) is 5.96. The number of aliphatic carboxylic acids is 1. The zero-order chi connectivity index (χ0) is 11.8. The van der Waals surface area contributed by atoms with Crippen LogP contribution in [0, 0.1) is 10.8 Å². The molecule has 0 heterocycles. The van der Waals surface area contributed by atoms with E-state index in [0.717, 1.165) is 38.5 Å². The smallest absolute Gasteiger partial charge is 0.309 e. The molecule has 0 radical (unpaired) electrons. The number of carbonyl (C=O) groups is 2. The van der Waals surface area contributed by atoms with Crippen molar-refractivity contribution in [3.63, 3.8) is 0 Å². The molecule has 0 aliphatic heterocycles. The first-order valence-electron chi connectivity index (χ1n) is 5.96. The number of carbonyl (C=O) groups excluding carboxylic acids is 1. The minimum Gasteiger partial charge on any atom is -0.481 e. The first kappa shape index (κ1) is 11.4. The van der Waals surface area contributed by atoms with Crippen molar-refractivity contribution in [2.45, 2.75) is 45.4 Å². The van der Waals surface area contributed by atoms with Gasteiger partial charge in [0.05, 0.1) is 5.41 Å². The van der Waals surface area contributed by atoms with E-state index in [2.05, 4.69) is 5.32 Å². The minimum atomic E-state index is -0.642. The van der Waals surface area contributed by atoms with Crippen molar-refractivity contribution in [2.75, 3.05) is 6.54 Å². The molecule has 2 aliphatic rings. The zero-order valence-corrected chi connectivity index (χ0v) is 9.71. The Balaban J connectivity index is 2.08. The van der Waals surface area contributed by atoms with Crippen molar-refractivity contribution in [2.24, 2.45) is 10.8 Å². The second-order valence-electron chi connectivity index (χ2n) is 5.53. The Hall–Kier alpha value is -1.06. The summed E-state index contributed by atoms with van der Waals surface area (Å²) in [5.41, 5.74) is -0.432. The van der Waals surface area contributed by atoms with Crippen LogP contribution >= 0.6 is 0 Å². The number of hydrogen-bond acceptors (Lipinski definition) is 2. The van der Waals surface area contributed by atoms with Crippen molar-refractivity contribution in [1.29, 1.82) is 0 Å². The lowest BCUT2D eigenvalue weighted by Gasteiger charge is -2.37. The van der Waals surface area contributed by atoms with Gasteiger partial charge < -0.3 is 10.4 Å². The molecule has 2 unspecified atom stereocenters. The standard InChI is InChI=1S/C12H19NO3/c1-9(14)13-8-11-3-2-4-12(7-11,6-5-11)10(15)16/h2-8H2,1H3,(H,13,14)(H,15,16). The fraction of sp³-hybridized carbons (Fsp3) is 0.833. The Morgan fingerprint density at radius 3 is 2.62 bits per heavy atom. The van der Waals surface area contributed by atoms with Gasteiger partial charge in [0.2, 0.25) is 5.91 Å². The van der Waals surface area contributed by atoms with Gasteiger partial charge >= 0.3 is 5.97 Å². The maximum absolute atomic E-state index is 11.3. The van der Waals surface area contributed by atoms with Crippen LogP contribution in [-0.2, 0) is 9.59 Å². The lowest BCUT2D eigenvalue weighted by molar-refractivity contribution is -0.150. The molecule has 90 valence electrons. The first-order chi connectivity index (χ1) is 7.48. The zero-order valence-electron chi connectivity index (χ0n) is 9.71. The Morgan fingerprint density at radius 1 is 1.25 bits per heavy atom. The molecule has 4 heteroatoms. The van der Waals surface area contributed by atoms with Crippen molar-refractivity contribution >= 4 is 11.9 Å². The molecule has 1 amide bonds. The highest BCUT2D eigenvalue weighted by Crippen LogP contribution is 2.58. The lowest BCUT2D eigenvalue weighted by Crippen LogP contribution is -2.40. The molecule has 0 aromatic heterocycles. The van der Waals surface area contributed by atoms with Crippen LogP contribution in [0.15, 0.2) is 0 Å². The van der Waals surface area contributed by atoms with Gasteiger partial charge in [0.1, 0.15) is 0 Å². The number of amides is 1. The quantitative estimate of drug-likeness (QED) is 0.765. The summed E-state index contributed by atoms with van der Waals surface area (Å²) >= 11 is 0. The van der Waals surface area contributed by atoms with E-state index >= 15 is 0 Å². The largest absolute Gasteiger partial charge is 0.481 e. The molecule has 2 fully saturated rings. The molecule has 0 spiro atoms. The highest BCUT2D eigenvalue weighted by atomic mass is 16.4. The highest BCUT2D eigenvalue weighted by molar-refractivity contribution is 5.75. The van der Waals surface area contributed by atoms with Gasteiger partial charge in [-0.1, -0.05) is 6.42 Å². The molecule has 2 aliphatic carbocycles. The maximum Gasteiger partial charge on any atom is 0.309 e. The van der Waals surface area contributed by atoms with Crippen LogP contribution in [0.2, 0.25) is 0 Å². The van der Waals surface area contributed by atoms with E-state index in [4.69, 9.17) is 0 Å². The molecule has 2 bridgehead atoms. The monoisotopic (exact) mass is 225 g/mol. The van der Waals surface area contributed by atoms with Gasteiger partial charge in [-0.25, -0.2) is 0 Å². The number of carboxylic acid groups (broad SMARTS) is 1. The second kappa shape index (κ2) is 3.75. The van der Waals surface area contributed by atoms with Crippen LogP contribution in [0.1, 0.15) is 45.4 Å². The number of carboxylic acids is 1. The molecule has 0 aromatic carbocycles. The summed E-state index contributed by atoms with van der Waals surface area (Å²) < 4.78 is 0. The Labute approximate surface area is 95.4 Å². The predicted octanol–water partition coefficient (Wildman–Crippen LogP) is 1.55. The van der Waals surface area contributed by atoms with Crippen LogP contribution in [0.3, 0.4) is 0 Å². The molecule has 4 nitrogen and oxygen atoms in total. The molecule has 2 N–H and O–H groups in total. The summed E-state index contributed by atoms with van der Waals surface area (Å²) in [5, 5.41) is 12.2. The van der Waals surface area contributed by atoms with Gasteiger partial charge in [-0.2, -0.15) is 0 Å². The molecule has 2 atom stereocenters. The number of nitrogens with one attached hydrogen (secondary N) is 1. The topological polar surface area (TPSA) is 66.4 Å². The average Bonchev–Trinajstić information content (AvgIpc) is 2.50. The Kier molecular flexibility index (Phi) is 2.68. The summed E-state index contributed by atoms with van der Waals surface area (Å²) in [6.07, 6.45) is 5.31. The minimum absolute atomic E-state index is 0.0206. The Morgan fingerprint density at radius 2 is 2.00 bits per heavy atom. The molecule has 0 aromatic rings. The third kappa shape index (κ3) is 1.81. The summed E-state index contributed by atoms with van der Waals surface area (Å²) in [6.45, 7) is 2.16. The second-order valence-corrected chi connectivity index (χ2v) is 5.53. The number of hydrogen-bond donors (Lipinski definition) is 2. The van der Waals surface area contributed by atoms with E-state index in [-0.39, 0.29) is 11.3 Å². The number of rotatable bonds is 3. The van der Waals surface area contributed by atoms with Crippen LogP contribution in [-0.4, -0.2) is 23.5 Å². The van der Waals surface area contributed by atoms with Crippen molar-refractivity contribution < 1.29 is 14.7 Å². The van der Waals surface area contributed by atoms with E-state index in [9.17, 15) is 14.7 Å². The van der Waals surface area contributed by atoms with E-state index in [1.807, 2.05) is 0 Å². The average molecular weight is 225 g/mol. The van der Waals surface area contributed by atoms with Crippen LogP contribution in [0.5, 0.6) is 0 Å². The van der Waals surface area contributed by atoms with Crippen molar-refractivity contribution in [3.05, 3.63) is 0 Å². The normalized spacial score (nSPS) is 37.1. The highest BCUT2D eigenvalue weighted by Gasteiger charge is 2.54. The summed E-state index contributed by atoms with van der Waals surface area (Å²) in [7, 11) is 0. The van der Waals surface area contributed by atoms with Crippen molar-refractivity contribution in [1.82, 2.24) is 5.32 Å². The number of fused-ring (bicyclic) bond motifs is 2. The van der Waals surface area contributed by atoms with Crippen LogP contribution in [0.25, 0.3) is 0 Å². The SMILES string of the molecule is CC(=O)NCC12CCCC(C(=O)O)(CC1)C2. The van der Waals surface area contributed by atoms with E-state index in [1.54, 1.807) is 0 Å². The van der Waals surface area contributed by atoms with Crippen LogP contribution in [0.4, 0.5) is 0 Å². The van der Waals surface area contributed by atoms with Crippen LogP contribution < -0.4 is 5.32 Å². The van der Waals surface area contributed by atoms with Crippen molar-refractivity contribution in [3.8, 4) is 0 Å². The molecule has 16 heavy (non-hydrogen) atoms. The van der Waals surface area contributed by atoms with Gasteiger partial charge in [0, 0.05) is 13.5 Å². The van der Waals surface area contributed by atoms with Gasteiger partial charge in [-0.05, 0) is 37.5 Å². The third-order valence-electron chi connectivity index (χ3n) is 4.38. The summed E-state index contributed by atoms with van der Waals surface area (Å²) in [5.74, 6) is -0.662. The molecule has 2 saturated carbocycles. The van der Waals surface area contributed by atoms with E-state index in [1.165, 1.54) is 6.92 Å². The lowest BCUT2D eigenvalue weighted by atomic mass is 9.69. The summed E-state index contributed by atoms with van der Waals surface area (Å²) in [4.78, 5) is 22.3. The third-order valence-corrected chi connectivity index (χ3v) is 4.38. The molecular weight excluding hydrogens is 206 g/mol. The van der Waals surface area contributed by atoms with E-state index < -0.39 is 11.4 Å². The Bertz CT molecular complexity index is 328.